The second-order valence-electron chi connectivity index (χ2n) is 8.55. The third-order valence-electron chi connectivity index (χ3n) is 6.02. The van der Waals surface area contributed by atoms with Gasteiger partial charge >= 0.3 is 0 Å². The first-order valence-corrected chi connectivity index (χ1v) is 13.4. The van der Waals surface area contributed by atoms with Crippen LogP contribution >= 0.6 is 23.2 Å². The fourth-order valence-electron chi connectivity index (χ4n) is 4.00. The standard InChI is InChI=1S/C21H31Cl2N5O5S/c1-14-4-5-15(12-18(14)34(32,33)27-8-3-7-26(2)9-10-27)25-20(30)17(6-11-29)28-21(31)19(23)16(22)13-24-28/h4-5,12,16-17,19,24,29H,3,6-11,13H2,1-2H3,(H,25,30). The number of hydrogen-bond donors (Lipinski definition) is 3. The van der Waals surface area contributed by atoms with Crippen LogP contribution in [0.25, 0.3) is 0 Å². The van der Waals surface area contributed by atoms with Crippen LogP contribution in [0.1, 0.15) is 18.4 Å². The molecule has 0 bridgehead atoms. The summed E-state index contributed by atoms with van der Waals surface area (Å²) in [6, 6.07) is 3.59. The molecule has 13 heteroatoms. The molecular weight excluding hydrogens is 505 g/mol. The van der Waals surface area contributed by atoms with Gasteiger partial charge in [-0.2, -0.15) is 4.31 Å². The van der Waals surface area contributed by atoms with E-state index in [1.807, 2.05) is 7.05 Å². The number of carbonyl (C=O) groups excluding carboxylic acids is 2. The number of amides is 2. The second-order valence-corrected chi connectivity index (χ2v) is 11.5. The van der Waals surface area contributed by atoms with Gasteiger partial charge in [0.05, 0.1) is 10.3 Å². The molecule has 0 aliphatic carbocycles. The minimum atomic E-state index is -3.76. The van der Waals surface area contributed by atoms with E-state index in [0.29, 0.717) is 25.2 Å². The average Bonchev–Trinajstić information content (AvgIpc) is 3.02. The van der Waals surface area contributed by atoms with Crippen molar-refractivity contribution in [1.29, 1.82) is 0 Å². The van der Waals surface area contributed by atoms with Gasteiger partial charge < -0.3 is 15.3 Å². The Labute approximate surface area is 210 Å². The summed E-state index contributed by atoms with van der Waals surface area (Å²) in [7, 11) is -1.80. The number of aliphatic hydroxyl groups is 1. The molecule has 2 heterocycles. The number of benzene rings is 1. The molecule has 1 aromatic rings. The molecule has 3 N–H and O–H groups in total. The van der Waals surface area contributed by atoms with Crippen LogP contribution in [0, 0.1) is 6.92 Å². The average molecular weight is 536 g/mol. The van der Waals surface area contributed by atoms with Gasteiger partial charge in [-0.05, 0) is 44.6 Å². The molecule has 0 aromatic heterocycles. The van der Waals surface area contributed by atoms with Crippen molar-refractivity contribution in [2.24, 2.45) is 0 Å². The predicted molar refractivity (Wildman–Crippen MR) is 130 cm³/mol. The predicted octanol–water partition coefficient (Wildman–Crippen LogP) is 0.572. The summed E-state index contributed by atoms with van der Waals surface area (Å²) in [5, 5.41) is 11.6. The highest BCUT2D eigenvalue weighted by molar-refractivity contribution is 7.89. The molecule has 0 radical (unpaired) electrons. The monoisotopic (exact) mass is 535 g/mol. The van der Waals surface area contributed by atoms with E-state index in [4.69, 9.17) is 23.2 Å². The van der Waals surface area contributed by atoms with Crippen molar-refractivity contribution in [1.82, 2.24) is 19.6 Å². The van der Waals surface area contributed by atoms with Gasteiger partial charge in [-0.3, -0.25) is 14.6 Å². The summed E-state index contributed by atoms with van der Waals surface area (Å²) >= 11 is 12.1. The van der Waals surface area contributed by atoms with Crippen molar-refractivity contribution in [2.45, 2.75) is 41.5 Å². The lowest BCUT2D eigenvalue weighted by molar-refractivity contribution is -0.145. The van der Waals surface area contributed by atoms with Crippen molar-refractivity contribution < 1.29 is 23.1 Å². The van der Waals surface area contributed by atoms with E-state index in [-0.39, 0.29) is 30.2 Å². The minimum absolute atomic E-state index is 0.0422. The topological polar surface area (TPSA) is 122 Å². The molecule has 0 spiro atoms. The Kier molecular flexibility index (Phi) is 9.18. The van der Waals surface area contributed by atoms with Gasteiger partial charge in [0.15, 0.2) is 0 Å². The summed E-state index contributed by atoms with van der Waals surface area (Å²) in [6.45, 7) is 3.80. The van der Waals surface area contributed by atoms with Crippen LogP contribution < -0.4 is 10.7 Å². The number of nitrogens with one attached hydrogen (secondary N) is 2. The zero-order valence-corrected chi connectivity index (χ0v) is 21.5. The fraction of sp³-hybridized carbons (Fsp3) is 0.619. The van der Waals surface area contributed by atoms with Crippen molar-refractivity contribution in [3.05, 3.63) is 23.8 Å². The number of aryl methyl sites for hydroxylation is 1. The molecule has 10 nitrogen and oxygen atoms in total. The quantitative estimate of drug-likeness (QED) is 0.436. The maximum absolute atomic E-state index is 13.4. The summed E-state index contributed by atoms with van der Waals surface area (Å²) < 4.78 is 28.2. The van der Waals surface area contributed by atoms with Gasteiger partial charge in [-0.25, -0.2) is 13.8 Å². The SMILES string of the molecule is Cc1ccc(NC(=O)C(CCO)N2NCC(Cl)C(Cl)C2=O)cc1S(=O)(=O)N1CCCN(C)CC1. The van der Waals surface area contributed by atoms with Crippen molar-refractivity contribution in [2.75, 3.05) is 51.7 Å². The third kappa shape index (κ3) is 6.01. The lowest BCUT2D eigenvalue weighted by atomic mass is 10.1. The van der Waals surface area contributed by atoms with Crippen LogP contribution in [-0.4, -0.2) is 103 Å². The highest BCUT2D eigenvalue weighted by Gasteiger charge is 2.40. The van der Waals surface area contributed by atoms with Gasteiger partial charge in [0.2, 0.25) is 15.9 Å². The van der Waals surface area contributed by atoms with E-state index in [1.165, 1.54) is 10.4 Å². The fourth-order valence-corrected chi connectivity index (χ4v) is 6.09. The second kappa shape index (κ2) is 11.5. The van der Waals surface area contributed by atoms with Crippen molar-refractivity contribution in [3.8, 4) is 0 Å². The number of halogens is 2. The number of carbonyl (C=O) groups is 2. The van der Waals surface area contributed by atoms with Crippen LogP contribution in [0.2, 0.25) is 0 Å². The zero-order chi connectivity index (χ0) is 25.0. The Hall–Kier alpha value is -1.47. The summed E-state index contributed by atoms with van der Waals surface area (Å²) in [5.74, 6) is -1.16. The Bertz CT molecular complexity index is 1010. The number of likely N-dealkylation sites (N-methyl/N-ethyl adjacent to an activating group) is 1. The van der Waals surface area contributed by atoms with Crippen LogP contribution in [0.5, 0.6) is 0 Å². The Morgan fingerprint density at radius 2 is 2.00 bits per heavy atom. The van der Waals surface area contributed by atoms with E-state index >= 15 is 0 Å². The number of nitrogens with zero attached hydrogens (tertiary/aromatic N) is 3. The Morgan fingerprint density at radius 3 is 2.71 bits per heavy atom. The molecule has 1 aromatic carbocycles. The number of rotatable bonds is 7. The number of sulfonamides is 1. The molecule has 2 fully saturated rings. The molecular formula is C21H31Cl2N5O5S. The van der Waals surface area contributed by atoms with E-state index in [1.54, 1.807) is 19.1 Å². The smallest absolute Gasteiger partial charge is 0.257 e. The third-order valence-corrected chi connectivity index (χ3v) is 9.08. The van der Waals surface area contributed by atoms with E-state index in [0.717, 1.165) is 18.0 Å². The number of alkyl halides is 2. The van der Waals surface area contributed by atoms with Gasteiger partial charge in [0, 0.05) is 44.9 Å². The largest absolute Gasteiger partial charge is 0.396 e. The lowest BCUT2D eigenvalue weighted by Gasteiger charge is -2.37. The number of anilines is 1. The highest BCUT2D eigenvalue weighted by Crippen LogP contribution is 2.26. The van der Waals surface area contributed by atoms with E-state index in [2.05, 4.69) is 15.6 Å². The Morgan fingerprint density at radius 1 is 1.26 bits per heavy atom. The number of hydrazine groups is 1. The number of hydrogen-bond acceptors (Lipinski definition) is 7. The molecule has 2 amide bonds. The molecule has 190 valence electrons. The molecule has 34 heavy (non-hydrogen) atoms. The molecule has 2 aliphatic rings. The van der Waals surface area contributed by atoms with Gasteiger partial charge in [0.25, 0.3) is 5.91 Å². The van der Waals surface area contributed by atoms with Crippen molar-refractivity contribution >= 4 is 50.7 Å². The van der Waals surface area contributed by atoms with Crippen LogP contribution in [0.15, 0.2) is 23.1 Å². The lowest BCUT2D eigenvalue weighted by Crippen LogP contribution is -2.63. The first-order valence-electron chi connectivity index (χ1n) is 11.1. The molecule has 3 atom stereocenters. The minimum Gasteiger partial charge on any atom is -0.396 e. The zero-order valence-electron chi connectivity index (χ0n) is 19.2. The highest BCUT2D eigenvalue weighted by atomic mass is 35.5. The summed E-state index contributed by atoms with van der Waals surface area (Å²) in [5.41, 5.74) is 3.62. The molecule has 2 saturated heterocycles. The van der Waals surface area contributed by atoms with Crippen LogP contribution in [0.3, 0.4) is 0 Å². The van der Waals surface area contributed by atoms with E-state index in [9.17, 15) is 23.1 Å². The first kappa shape index (κ1) is 27.1. The summed E-state index contributed by atoms with van der Waals surface area (Å²) in [4.78, 5) is 27.8. The van der Waals surface area contributed by atoms with Crippen molar-refractivity contribution in [3.63, 3.8) is 0 Å². The van der Waals surface area contributed by atoms with Crippen LogP contribution in [-0.2, 0) is 19.6 Å². The number of aliphatic hydroxyl groups excluding tert-OH is 1. The normalized spacial score (nSPS) is 24.0. The maximum Gasteiger partial charge on any atom is 0.257 e. The molecule has 3 unspecified atom stereocenters. The van der Waals surface area contributed by atoms with Gasteiger partial charge in [0.1, 0.15) is 11.4 Å². The molecule has 2 aliphatic heterocycles. The van der Waals surface area contributed by atoms with Gasteiger partial charge in [-0.1, -0.05) is 6.07 Å². The van der Waals surface area contributed by atoms with E-state index < -0.39 is 38.6 Å². The van der Waals surface area contributed by atoms with Gasteiger partial charge in [-0.15, -0.1) is 23.2 Å². The molecule has 0 saturated carbocycles. The summed E-state index contributed by atoms with van der Waals surface area (Å²) in [6.07, 6.45) is 0.690. The molecule has 3 rings (SSSR count). The van der Waals surface area contributed by atoms with Crippen LogP contribution in [0.4, 0.5) is 5.69 Å². The first-order chi connectivity index (χ1) is 16.1. The maximum atomic E-state index is 13.4. The Balaban J connectivity index is 1.81.